The van der Waals surface area contributed by atoms with Crippen LogP contribution in [0.1, 0.15) is 60.3 Å². The lowest BCUT2D eigenvalue weighted by Gasteiger charge is -2.32. The van der Waals surface area contributed by atoms with Gasteiger partial charge in [0.25, 0.3) is 0 Å². The van der Waals surface area contributed by atoms with Crippen LogP contribution in [-0.4, -0.2) is 23.6 Å². The van der Waals surface area contributed by atoms with E-state index in [1.807, 2.05) is 34.6 Å². The van der Waals surface area contributed by atoms with Gasteiger partial charge in [0.15, 0.2) is 6.10 Å². The topological polar surface area (TPSA) is 52.6 Å². The standard InChI is InChI=1S/C14H24O4/c1-6-13(4,5)12(16)17-10-9-11(15)18-14(10,7-2)8-3/h10H,6-9H2,1-5H3. The quantitative estimate of drug-likeness (QED) is 0.710. The van der Waals surface area contributed by atoms with E-state index in [4.69, 9.17) is 9.47 Å². The first-order valence-corrected chi connectivity index (χ1v) is 6.74. The van der Waals surface area contributed by atoms with E-state index in [0.717, 1.165) is 0 Å². The predicted molar refractivity (Wildman–Crippen MR) is 68.0 cm³/mol. The molecule has 0 spiro atoms. The average Bonchev–Trinajstić information content (AvgIpc) is 2.65. The number of hydrogen-bond donors (Lipinski definition) is 0. The first kappa shape index (κ1) is 15.0. The van der Waals surface area contributed by atoms with Crippen LogP contribution < -0.4 is 0 Å². The highest BCUT2D eigenvalue weighted by atomic mass is 16.6. The summed E-state index contributed by atoms with van der Waals surface area (Å²) in [7, 11) is 0. The zero-order valence-corrected chi connectivity index (χ0v) is 12.0. The van der Waals surface area contributed by atoms with Crippen molar-refractivity contribution in [2.24, 2.45) is 5.41 Å². The molecule has 0 bridgehead atoms. The zero-order valence-electron chi connectivity index (χ0n) is 12.0. The third-order valence-electron chi connectivity index (χ3n) is 4.14. The molecule has 0 saturated carbocycles. The van der Waals surface area contributed by atoms with Gasteiger partial charge in [-0.2, -0.15) is 0 Å². The largest absolute Gasteiger partial charge is 0.457 e. The van der Waals surface area contributed by atoms with Crippen LogP contribution in [0, 0.1) is 5.41 Å². The predicted octanol–water partition coefficient (Wildman–Crippen LogP) is 2.84. The van der Waals surface area contributed by atoms with Gasteiger partial charge in [0.1, 0.15) is 5.60 Å². The molecule has 1 unspecified atom stereocenters. The van der Waals surface area contributed by atoms with E-state index < -0.39 is 17.1 Å². The van der Waals surface area contributed by atoms with E-state index in [9.17, 15) is 9.59 Å². The minimum atomic E-state index is -0.628. The van der Waals surface area contributed by atoms with E-state index in [-0.39, 0.29) is 18.4 Å². The maximum Gasteiger partial charge on any atom is 0.311 e. The summed E-state index contributed by atoms with van der Waals surface area (Å²) in [6.07, 6.45) is 1.77. The molecule has 1 rings (SSSR count). The maximum atomic E-state index is 12.1. The third-order valence-corrected chi connectivity index (χ3v) is 4.14. The molecule has 4 nitrogen and oxygen atoms in total. The van der Waals surface area contributed by atoms with Gasteiger partial charge in [-0.1, -0.05) is 20.8 Å². The highest BCUT2D eigenvalue weighted by Gasteiger charge is 2.50. The minimum Gasteiger partial charge on any atom is -0.457 e. The van der Waals surface area contributed by atoms with Gasteiger partial charge in [-0.3, -0.25) is 9.59 Å². The van der Waals surface area contributed by atoms with Crippen LogP contribution in [0.15, 0.2) is 0 Å². The molecule has 104 valence electrons. The Morgan fingerprint density at radius 1 is 1.39 bits per heavy atom. The monoisotopic (exact) mass is 256 g/mol. The number of esters is 2. The third kappa shape index (κ3) is 2.68. The second kappa shape index (κ2) is 5.29. The Morgan fingerprint density at radius 3 is 2.39 bits per heavy atom. The van der Waals surface area contributed by atoms with Crippen molar-refractivity contribution in [1.29, 1.82) is 0 Å². The van der Waals surface area contributed by atoms with Crippen molar-refractivity contribution in [2.75, 3.05) is 0 Å². The van der Waals surface area contributed by atoms with Crippen LogP contribution in [0.25, 0.3) is 0 Å². The molecule has 1 heterocycles. The van der Waals surface area contributed by atoms with Crippen LogP contribution >= 0.6 is 0 Å². The van der Waals surface area contributed by atoms with Crippen molar-refractivity contribution >= 4 is 11.9 Å². The van der Waals surface area contributed by atoms with Crippen molar-refractivity contribution in [3.8, 4) is 0 Å². The molecule has 0 radical (unpaired) electrons. The van der Waals surface area contributed by atoms with Crippen molar-refractivity contribution in [3.63, 3.8) is 0 Å². The molecule has 0 aromatic rings. The van der Waals surface area contributed by atoms with Crippen LogP contribution in [0.4, 0.5) is 0 Å². The van der Waals surface area contributed by atoms with Gasteiger partial charge in [-0.15, -0.1) is 0 Å². The maximum absolute atomic E-state index is 12.1. The normalized spacial score (nSPS) is 22.7. The van der Waals surface area contributed by atoms with Crippen LogP contribution in [0.2, 0.25) is 0 Å². The molecular weight excluding hydrogens is 232 g/mol. The van der Waals surface area contributed by atoms with E-state index >= 15 is 0 Å². The fourth-order valence-corrected chi connectivity index (χ4v) is 2.10. The summed E-state index contributed by atoms with van der Waals surface area (Å²) in [6.45, 7) is 9.56. The molecule has 1 aliphatic rings. The van der Waals surface area contributed by atoms with Gasteiger partial charge in [-0.05, 0) is 33.1 Å². The van der Waals surface area contributed by atoms with Crippen molar-refractivity contribution in [1.82, 2.24) is 0 Å². The molecule has 0 amide bonds. The Kier molecular flexibility index (Phi) is 4.41. The second-order valence-electron chi connectivity index (χ2n) is 5.58. The molecule has 1 saturated heterocycles. The molecule has 1 fully saturated rings. The smallest absolute Gasteiger partial charge is 0.311 e. The summed E-state index contributed by atoms with van der Waals surface area (Å²) < 4.78 is 10.9. The Bertz CT molecular complexity index is 329. The summed E-state index contributed by atoms with van der Waals surface area (Å²) in [4.78, 5) is 23.6. The summed E-state index contributed by atoms with van der Waals surface area (Å²) in [5.41, 5.74) is -1.14. The molecule has 0 aromatic carbocycles. The number of ether oxygens (including phenoxy) is 2. The Balaban J connectivity index is 2.83. The van der Waals surface area contributed by atoms with Crippen LogP contribution in [0.5, 0.6) is 0 Å². The van der Waals surface area contributed by atoms with Gasteiger partial charge in [-0.25, -0.2) is 0 Å². The number of cyclic esters (lactones) is 1. The summed E-state index contributed by atoms with van der Waals surface area (Å²) in [5.74, 6) is -0.523. The SMILES string of the molecule is CCC(C)(C)C(=O)OC1CC(=O)OC1(CC)CC. The Hall–Kier alpha value is -1.06. The molecular formula is C14H24O4. The number of hydrogen-bond acceptors (Lipinski definition) is 4. The van der Waals surface area contributed by atoms with Crippen molar-refractivity contribution in [3.05, 3.63) is 0 Å². The van der Waals surface area contributed by atoms with E-state index in [2.05, 4.69) is 0 Å². The first-order valence-electron chi connectivity index (χ1n) is 6.74. The van der Waals surface area contributed by atoms with Crippen LogP contribution in [0.3, 0.4) is 0 Å². The van der Waals surface area contributed by atoms with Gasteiger partial charge in [0, 0.05) is 0 Å². The molecule has 18 heavy (non-hydrogen) atoms. The summed E-state index contributed by atoms with van der Waals surface area (Å²) >= 11 is 0. The Morgan fingerprint density at radius 2 is 1.94 bits per heavy atom. The van der Waals surface area contributed by atoms with E-state index in [0.29, 0.717) is 19.3 Å². The average molecular weight is 256 g/mol. The molecule has 1 aliphatic heterocycles. The second-order valence-corrected chi connectivity index (χ2v) is 5.58. The van der Waals surface area contributed by atoms with Crippen LogP contribution in [-0.2, 0) is 19.1 Å². The minimum absolute atomic E-state index is 0.174. The van der Waals surface area contributed by atoms with Gasteiger partial charge < -0.3 is 9.47 Å². The number of carbonyl (C=O) groups excluding carboxylic acids is 2. The Labute approximate surface area is 109 Å². The zero-order chi connectivity index (χ0) is 14.0. The molecule has 0 N–H and O–H groups in total. The highest BCUT2D eigenvalue weighted by molar-refractivity contribution is 5.78. The number of carbonyl (C=O) groups is 2. The van der Waals surface area contributed by atoms with Gasteiger partial charge in [0.05, 0.1) is 11.8 Å². The van der Waals surface area contributed by atoms with Gasteiger partial charge >= 0.3 is 11.9 Å². The lowest BCUT2D eigenvalue weighted by molar-refractivity contribution is -0.172. The lowest BCUT2D eigenvalue weighted by Crippen LogP contribution is -2.43. The summed E-state index contributed by atoms with van der Waals surface area (Å²) in [5, 5.41) is 0. The summed E-state index contributed by atoms with van der Waals surface area (Å²) in [6, 6.07) is 0. The van der Waals surface area contributed by atoms with Crippen molar-refractivity contribution in [2.45, 2.75) is 72.0 Å². The first-order chi connectivity index (χ1) is 8.31. The molecule has 4 heteroatoms. The van der Waals surface area contributed by atoms with Crippen molar-refractivity contribution < 1.29 is 19.1 Å². The fourth-order valence-electron chi connectivity index (χ4n) is 2.10. The molecule has 0 aliphatic carbocycles. The fraction of sp³-hybridized carbons (Fsp3) is 0.857. The number of rotatable bonds is 5. The van der Waals surface area contributed by atoms with E-state index in [1.54, 1.807) is 0 Å². The lowest BCUT2D eigenvalue weighted by atomic mass is 9.88. The molecule has 1 atom stereocenters. The van der Waals surface area contributed by atoms with Gasteiger partial charge in [0.2, 0.25) is 0 Å². The highest BCUT2D eigenvalue weighted by Crippen LogP contribution is 2.37. The van der Waals surface area contributed by atoms with E-state index in [1.165, 1.54) is 0 Å². The molecule has 0 aromatic heterocycles.